The van der Waals surface area contributed by atoms with E-state index in [-0.39, 0.29) is 7.43 Å². The van der Waals surface area contributed by atoms with Gasteiger partial charge in [0.1, 0.15) is 0 Å². The zero-order valence-electron chi connectivity index (χ0n) is 45.1. The summed E-state index contributed by atoms with van der Waals surface area (Å²) < 4.78 is 0. The van der Waals surface area contributed by atoms with Gasteiger partial charge in [-0.15, -0.1) is 18.4 Å². The number of hydrogen-bond donors (Lipinski definition) is 0. The number of allylic oxidation sites excluding steroid dienone is 3. The van der Waals surface area contributed by atoms with Gasteiger partial charge in [0, 0.05) is 6.42 Å². The zero-order valence-corrected chi connectivity index (χ0v) is 45.1. The Kier molecular flexibility index (Phi) is 72.7. The Morgan fingerprint density at radius 1 is 0.468 bits per heavy atom. The van der Waals surface area contributed by atoms with E-state index >= 15 is 0 Å². The van der Waals surface area contributed by atoms with Crippen LogP contribution < -0.4 is 0 Å². The summed E-state index contributed by atoms with van der Waals surface area (Å²) in [6, 6.07) is 0. The van der Waals surface area contributed by atoms with E-state index in [4.69, 9.17) is 0 Å². The van der Waals surface area contributed by atoms with Gasteiger partial charge in [-0.1, -0.05) is 312 Å². The second-order valence-corrected chi connectivity index (χ2v) is 20.1. The van der Waals surface area contributed by atoms with Crippen molar-refractivity contribution in [2.45, 2.75) is 353 Å². The van der Waals surface area contributed by atoms with Crippen molar-refractivity contribution in [3.8, 4) is 11.8 Å². The zero-order chi connectivity index (χ0) is 46.2. The van der Waals surface area contributed by atoms with E-state index in [1.54, 1.807) is 0 Å². The molecule has 0 N–H and O–H groups in total. The Balaban J connectivity index is -0.000000537. The van der Waals surface area contributed by atoms with Crippen molar-refractivity contribution in [1.82, 2.24) is 0 Å². The van der Waals surface area contributed by atoms with Gasteiger partial charge in [-0.25, -0.2) is 0 Å². The number of hydrogen-bond acceptors (Lipinski definition) is 0. The summed E-state index contributed by atoms with van der Waals surface area (Å²) in [5.74, 6) is 6.72. The maximum absolute atomic E-state index is 4.17. The largest absolute Gasteiger partial charge is 0.107 e. The van der Waals surface area contributed by atoms with Crippen LogP contribution in [0, 0.1) is 23.2 Å². The molecule has 0 aromatic carbocycles. The molecule has 0 nitrogen and oxygen atoms in total. The summed E-state index contributed by atoms with van der Waals surface area (Å²) in [7, 11) is 0. The van der Waals surface area contributed by atoms with Crippen LogP contribution in [0.15, 0.2) is 24.3 Å². The molecule has 0 aromatic rings. The third-order valence-electron chi connectivity index (χ3n) is 12.1. The molecule has 0 rings (SSSR count). The molecule has 0 heteroatoms. The van der Waals surface area contributed by atoms with Crippen LogP contribution in [0.4, 0.5) is 0 Å². The van der Waals surface area contributed by atoms with Gasteiger partial charge in [-0.3, -0.25) is 0 Å². The van der Waals surface area contributed by atoms with Crippen molar-refractivity contribution in [2.24, 2.45) is 11.3 Å². The highest BCUT2D eigenvalue weighted by Crippen LogP contribution is 2.22. The third-order valence-corrected chi connectivity index (χ3v) is 12.1. The Morgan fingerprint density at radius 2 is 0.774 bits per heavy atom. The topological polar surface area (TPSA) is 0 Å². The van der Waals surface area contributed by atoms with Crippen LogP contribution >= 0.6 is 0 Å². The van der Waals surface area contributed by atoms with Gasteiger partial charge in [0.05, 0.1) is 0 Å². The van der Waals surface area contributed by atoms with Crippen LogP contribution in [0.5, 0.6) is 0 Å². The van der Waals surface area contributed by atoms with Gasteiger partial charge in [0.15, 0.2) is 0 Å². The number of unbranched alkanes of at least 4 members (excludes halogenated alkanes) is 34. The maximum Gasteiger partial charge on any atom is 0.00935 e. The van der Waals surface area contributed by atoms with Crippen molar-refractivity contribution in [3.05, 3.63) is 24.3 Å². The fourth-order valence-corrected chi connectivity index (χ4v) is 7.91. The molecule has 0 saturated heterocycles. The van der Waals surface area contributed by atoms with Crippen LogP contribution in [0.25, 0.3) is 0 Å². The minimum Gasteiger partial charge on any atom is -0.107 e. The van der Waals surface area contributed by atoms with Gasteiger partial charge in [-0.2, -0.15) is 0 Å². The van der Waals surface area contributed by atoms with E-state index in [0.29, 0.717) is 5.41 Å². The SMILES string of the molecule is C.C=C(C)CCC(/C=C\CCCCCCCCCCCCCCCCC)CCCCCCCCCCCCCCCCCCCC.CC.CC#CCCC(C)(C)C.CCCCC. The molecule has 0 aromatic heterocycles. The molecule has 0 saturated carbocycles. The predicted molar refractivity (Wildman–Crippen MR) is 295 cm³/mol. The molecular weight excluding hydrogens is 745 g/mol. The average molecular weight is 872 g/mol. The third kappa shape index (κ3) is 76.3. The van der Waals surface area contributed by atoms with E-state index in [1.165, 1.54) is 269 Å². The van der Waals surface area contributed by atoms with Crippen LogP contribution in [0.2, 0.25) is 0 Å². The van der Waals surface area contributed by atoms with Gasteiger partial charge in [-0.05, 0) is 63.7 Å². The fraction of sp³-hybridized carbons (Fsp3) is 0.903. The van der Waals surface area contributed by atoms with Gasteiger partial charge in [0.25, 0.3) is 0 Å². The molecule has 0 fully saturated rings. The normalized spacial score (nSPS) is 11.3. The molecule has 0 amide bonds. The molecule has 0 spiro atoms. The summed E-state index contributed by atoms with van der Waals surface area (Å²) in [6.45, 7) is 28.0. The first-order chi connectivity index (χ1) is 29.7. The lowest BCUT2D eigenvalue weighted by Gasteiger charge is -2.15. The smallest absolute Gasteiger partial charge is 0.00935 e. The first-order valence-electron chi connectivity index (χ1n) is 28.4. The predicted octanol–water partition coefficient (Wildman–Crippen LogP) is 23.9. The Morgan fingerprint density at radius 3 is 1.05 bits per heavy atom. The van der Waals surface area contributed by atoms with Crippen LogP contribution in [-0.2, 0) is 0 Å². The molecule has 0 heterocycles. The lowest BCUT2D eigenvalue weighted by atomic mass is 9.91. The first kappa shape index (κ1) is 70.1. The van der Waals surface area contributed by atoms with Crippen molar-refractivity contribution < 1.29 is 0 Å². The first-order valence-corrected chi connectivity index (χ1v) is 28.4. The summed E-state index contributed by atoms with van der Waals surface area (Å²) in [5, 5.41) is 0. The molecule has 0 bridgehead atoms. The average Bonchev–Trinajstić information content (AvgIpc) is 3.24. The highest BCUT2D eigenvalue weighted by molar-refractivity contribution is 4.95. The second-order valence-electron chi connectivity index (χ2n) is 20.1. The minimum absolute atomic E-state index is 0. The van der Waals surface area contributed by atoms with E-state index < -0.39 is 0 Å². The monoisotopic (exact) mass is 871 g/mol. The van der Waals surface area contributed by atoms with Crippen molar-refractivity contribution >= 4 is 0 Å². The highest BCUT2D eigenvalue weighted by Gasteiger charge is 2.07. The second kappa shape index (κ2) is 64.3. The van der Waals surface area contributed by atoms with Crippen LogP contribution in [0.1, 0.15) is 353 Å². The maximum atomic E-state index is 4.17. The molecule has 374 valence electrons. The van der Waals surface area contributed by atoms with Gasteiger partial charge < -0.3 is 0 Å². The Hall–Kier alpha value is -0.960. The molecule has 1 atom stereocenters. The summed E-state index contributed by atoms with van der Waals surface area (Å²) >= 11 is 0. The molecule has 0 aliphatic heterocycles. The summed E-state index contributed by atoms with van der Waals surface area (Å²) in [5.41, 5.74) is 1.80. The molecule has 0 aliphatic rings. The lowest BCUT2D eigenvalue weighted by molar-refractivity contribution is 0.384. The Labute approximate surface area is 399 Å². The quantitative estimate of drug-likeness (QED) is 0.0326. The molecule has 1 unspecified atom stereocenters. The molecule has 0 radical (unpaired) electrons. The highest BCUT2D eigenvalue weighted by atomic mass is 14.1. The Bertz CT molecular complexity index is 839. The molecule has 62 heavy (non-hydrogen) atoms. The lowest BCUT2D eigenvalue weighted by Crippen LogP contribution is -2.02. The van der Waals surface area contributed by atoms with Gasteiger partial charge >= 0.3 is 0 Å². The molecular formula is C62H126. The van der Waals surface area contributed by atoms with Crippen LogP contribution in [0.3, 0.4) is 0 Å². The number of rotatable bonds is 42. The van der Waals surface area contributed by atoms with Crippen molar-refractivity contribution in [3.63, 3.8) is 0 Å². The van der Waals surface area contributed by atoms with E-state index in [0.717, 1.165) is 12.3 Å². The summed E-state index contributed by atoms with van der Waals surface area (Å²) in [4.78, 5) is 0. The molecule has 0 aliphatic carbocycles. The summed E-state index contributed by atoms with van der Waals surface area (Å²) in [6.07, 6.45) is 64.7. The van der Waals surface area contributed by atoms with Crippen molar-refractivity contribution in [1.29, 1.82) is 0 Å². The van der Waals surface area contributed by atoms with Gasteiger partial charge in [0.2, 0.25) is 0 Å². The fourth-order valence-electron chi connectivity index (χ4n) is 7.91. The van der Waals surface area contributed by atoms with Crippen molar-refractivity contribution in [2.75, 3.05) is 0 Å². The van der Waals surface area contributed by atoms with E-state index in [1.807, 2.05) is 20.8 Å². The van der Waals surface area contributed by atoms with E-state index in [2.05, 4.69) is 86.0 Å². The van der Waals surface area contributed by atoms with E-state index in [9.17, 15) is 0 Å². The standard InChI is InChI=1S/C45H88.C9H16.C5H12.C2H6.CH4/c1-5-7-9-11-13-15-17-19-21-23-25-27-29-31-33-35-37-39-41-45(43-42-44(3)4)40-38-36-34-32-30-28-26-24-22-20-18-16-14-12-10-8-6-2;1-5-6-7-8-9(2,3)4;1-3-5-4-2;1-2;/h38,40,45H,3,5-37,39,41-43H2,1-2,4H3;7-8H2,1-4H3;3-5H2,1-2H3;1-2H3;1H4/b40-38-;;;;. The minimum atomic E-state index is 0. The van der Waals surface area contributed by atoms with Crippen LogP contribution in [-0.4, -0.2) is 0 Å².